The third-order valence-electron chi connectivity index (χ3n) is 4.15. The Hall–Kier alpha value is -2.30. The number of halogens is 2. The van der Waals surface area contributed by atoms with Gasteiger partial charge in [0, 0.05) is 17.8 Å². The van der Waals surface area contributed by atoms with Gasteiger partial charge >= 0.3 is 0 Å². The van der Waals surface area contributed by atoms with E-state index in [2.05, 4.69) is 5.43 Å². The third-order valence-corrected chi connectivity index (χ3v) is 4.52. The molecule has 1 aliphatic heterocycles. The van der Waals surface area contributed by atoms with Crippen molar-refractivity contribution in [1.29, 1.82) is 0 Å². The fourth-order valence-electron chi connectivity index (χ4n) is 2.75. The smallest absolute Gasteiger partial charge is 0.126 e. The molecular weight excluding hydrogens is 339 g/mol. The van der Waals surface area contributed by atoms with Crippen LogP contribution in [0.1, 0.15) is 16.7 Å². The highest BCUT2D eigenvalue weighted by Gasteiger charge is 2.14. The van der Waals surface area contributed by atoms with Crippen molar-refractivity contribution < 1.29 is 9.50 Å². The van der Waals surface area contributed by atoms with E-state index in [1.165, 1.54) is 6.07 Å². The number of nitrogens with one attached hydrogen (secondary N) is 1. The molecule has 0 bridgehead atoms. The molecule has 2 aromatic carbocycles. The van der Waals surface area contributed by atoms with Crippen LogP contribution in [0.15, 0.2) is 60.3 Å². The first-order valence-electron chi connectivity index (χ1n) is 8.13. The van der Waals surface area contributed by atoms with Crippen molar-refractivity contribution in [3.8, 4) is 0 Å². The molecule has 0 radical (unpaired) electrons. The predicted octanol–water partition coefficient (Wildman–Crippen LogP) is 4.07. The van der Waals surface area contributed by atoms with E-state index in [1.54, 1.807) is 19.1 Å². The topological polar surface area (TPSA) is 35.5 Å². The maximum Gasteiger partial charge on any atom is 0.126 e. The Morgan fingerprint density at radius 2 is 2.00 bits per heavy atom. The van der Waals surface area contributed by atoms with Gasteiger partial charge in [0.25, 0.3) is 0 Å². The van der Waals surface area contributed by atoms with Crippen LogP contribution in [0.3, 0.4) is 0 Å². The molecule has 5 heteroatoms. The molecule has 3 nitrogen and oxygen atoms in total. The first-order valence-corrected chi connectivity index (χ1v) is 8.51. The standard InChI is InChI=1S/C20H20ClFN2O/c1-14-10-17(6-7-19(14)22)20-11-15(13-25)12-24(23-20)9-8-16-4-2-3-5-18(16)21/h2-7,10-12,23,25H,8-9,13H2,1H3. The van der Waals surface area contributed by atoms with Crippen molar-refractivity contribution in [2.24, 2.45) is 0 Å². The summed E-state index contributed by atoms with van der Waals surface area (Å²) < 4.78 is 13.5. The summed E-state index contributed by atoms with van der Waals surface area (Å²) in [5, 5.41) is 12.2. The van der Waals surface area contributed by atoms with Gasteiger partial charge in [-0.3, -0.25) is 10.4 Å². The van der Waals surface area contributed by atoms with E-state index in [-0.39, 0.29) is 12.4 Å². The summed E-state index contributed by atoms with van der Waals surface area (Å²) in [6, 6.07) is 12.7. The fourth-order valence-corrected chi connectivity index (χ4v) is 2.98. The van der Waals surface area contributed by atoms with E-state index in [0.717, 1.165) is 33.8 Å². The molecule has 1 aliphatic rings. The number of nitrogens with zero attached hydrogens (tertiary/aromatic N) is 1. The highest BCUT2D eigenvalue weighted by Crippen LogP contribution is 2.22. The summed E-state index contributed by atoms with van der Waals surface area (Å²) >= 11 is 6.21. The van der Waals surface area contributed by atoms with Crippen molar-refractivity contribution in [2.45, 2.75) is 13.3 Å². The molecule has 0 fully saturated rings. The molecule has 0 unspecified atom stereocenters. The second kappa shape index (κ2) is 7.72. The molecule has 0 saturated heterocycles. The van der Waals surface area contributed by atoms with Crippen LogP contribution < -0.4 is 5.43 Å². The van der Waals surface area contributed by atoms with Crippen molar-refractivity contribution in [2.75, 3.05) is 13.2 Å². The lowest BCUT2D eigenvalue weighted by molar-refractivity contribution is 0.300. The van der Waals surface area contributed by atoms with E-state index in [4.69, 9.17) is 11.6 Å². The Bertz CT molecular complexity index is 832. The molecule has 3 rings (SSSR count). The zero-order chi connectivity index (χ0) is 17.8. The number of hydrazine groups is 1. The molecule has 2 N–H and O–H groups in total. The Labute approximate surface area is 152 Å². The van der Waals surface area contributed by atoms with Gasteiger partial charge in [-0.15, -0.1) is 0 Å². The van der Waals surface area contributed by atoms with Crippen molar-refractivity contribution in [3.05, 3.63) is 87.8 Å². The highest BCUT2D eigenvalue weighted by atomic mass is 35.5. The second-order valence-electron chi connectivity index (χ2n) is 6.03. The lowest BCUT2D eigenvalue weighted by Crippen LogP contribution is -2.36. The molecule has 0 aromatic heterocycles. The minimum atomic E-state index is -0.228. The van der Waals surface area contributed by atoms with Crippen LogP contribution in [0.5, 0.6) is 0 Å². The monoisotopic (exact) mass is 358 g/mol. The van der Waals surface area contributed by atoms with Crippen LogP contribution in [0, 0.1) is 12.7 Å². The second-order valence-corrected chi connectivity index (χ2v) is 6.44. The predicted molar refractivity (Wildman–Crippen MR) is 99.3 cm³/mol. The third kappa shape index (κ3) is 4.21. The largest absolute Gasteiger partial charge is 0.392 e. The number of aryl methyl sites for hydroxylation is 1. The van der Waals surface area contributed by atoms with Gasteiger partial charge in [-0.1, -0.05) is 29.8 Å². The number of aliphatic hydroxyl groups excluding tert-OH is 1. The van der Waals surface area contributed by atoms with Crippen LogP contribution in [-0.4, -0.2) is 23.3 Å². The molecule has 1 heterocycles. The SMILES string of the molecule is Cc1cc(C2=CC(CO)=CN(CCc3ccccc3Cl)N2)ccc1F. The fraction of sp³-hybridized carbons (Fsp3) is 0.200. The summed E-state index contributed by atoms with van der Waals surface area (Å²) in [5.74, 6) is -0.228. The normalized spacial score (nSPS) is 14.0. The van der Waals surface area contributed by atoms with Crippen molar-refractivity contribution in [1.82, 2.24) is 10.4 Å². The average molecular weight is 359 g/mol. The lowest BCUT2D eigenvalue weighted by atomic mass is 10.1. The zero-order valence-corrected chi connectivity index (χ0v) is 14.7. The summed E-state index contributed by atoms with van der Waals surface area (Å²) in [6.07, 6.45) is 4.51. The minimum absolute atomic E-state index is 0.0616. The van der Waals surface area contributed by atoms with Crippen LogP contribution in [-0.2, 0) is 6.42 Å². The van der Waals surface area contributed by atoms with E-state index in [0.29, 0.717) is 12.1 Å². The average Bonchev–Trinajstić information content (AvgIpc) is 2.63. The molecular formula is C20H20ClFN2O. The van der Waals surface area contributed by atoms with Gasteiger partial charge in [0.15, 0.2) is 0 Å². The maximum absolute atomic E-state index is 13.5. The van der Waals surface area contributed by atoms with Crippen molar-refractivity contribution >= 4 is 17.3 Å². The number of aliphatic hydroxyl groups is 1. The lowest BCUT2D eigenvalue weighted by Gasteiger charge is -2.29. The molecule has 130 valence electrons. The molecule has 0 amide bonds. The van der Waals surface area contributed by atoms with Gasteiger partial charge in [-0.25, -0.2) is 4.39 Å². The number of rotatable bonds is 5. The van der Waals surface area contributed by atoms with Crippen LogP contribution >= 0.6 is 11.6 Å². The van der Waals surface area contributed by atoms with Gasteiger partial charge in [0.2, 0.25) is 0 Å². The molecule has 25 heavy (non-hydrogen) atoms. The zero-order valence-electron chi connectivity index (χ0n) is 14.0. The number of benzene rings is 2. The first kappa shape index (κ1) is 17.5. The van der Waals surface area contributed by atoms with Gasteiger partial charge < -0.3 is 5.11 Å². The van der Waals surface area contributed by atoms with Gasteiger partial charge in [0.05, 0.1) is 12.3 Å². The van der Waals surface area contributed by atoms with E-state index < -0.39 is 0 Å². The van der Waals surface area contributed by atoms with Crippen LogP contribution in [0.4, 0.5) is 4.39 Å². The Kier molecular flexibility index (Phi) is 5.41. The number of hydrogen-bond acceptors (Lipinski definition) is 3. The van der Waals surface area contributed by atoms with E-state index in [1.807, 2.05) is 41.6 Å². The maximum atomic E-state index is 13.5. The first-order chi connectivity index (χ1) is 12.1. The van der Waals surface area contributed by atoms with E-state index in [9.17, 15) is 9.50 Å². The molecule has 0 atom stereocenters. The van der Waals surface area contributed by atoms with Gasteiger partial charge in [0.1, 0.15) is 5.82 Å². The molecule has 0 aliphatic carbocycles. The minimum Gasteiger partial charge on any atom is -0.392 e. The summed E-state index contributed by atoms with van der Waals surface area (Å²) in [6.45, 7) is 2.36. The Morgan fingerprint density at radius 1 is 1.20 bits per heavy atom. The van der Waals surface area contributed by atoms with Crippen molar-refractivity contribution in [3.63, 3.8) is 0 Å². The number of hydrogen-bond donors (Lipinski definition) is 2. The van der Waals surface area contributed by atoms with Gasteiger partial charge in [-0.05, 0) is 65.9 Å². The molecule has 0 saturated carbocycles. The van der Waals surface area contributed by atoms with Gasteiger partial charge in [-0.2, -0.15) is 0 Å². The summed E-state index contributed by atoms with van der Waals surface area (Å²) in [5.41, 5.74) is 7.46. The Balaban J connectivity index is 1.76. The van der Waals surface area contributed by atoms with Crippen LogP contribution in [0.25, 0.3) is 5.70 Å². The highest BCUT2D eigenvalue weighted by molar-refractivity contribution is 6.31. The van der Waals surface area contributed by atoms with E-state index >= 15 is 0 Å². The quantitative estimate of drug-likeness (QED) is 0.845. The molecule has 2 aromatic rings. The summed E-state index contributed by atoms with van der Waals surface area (Å²) in [4.78, 5) is 0. The van der Waals surface area contributed by atoms with Crippen LogP contribution in [0.2, 0.25) is 5.02 Å². The Morgan fingerprint density at radius 3 is 2.72 bits per heavy atom. The summed E-state index contributed by atoms with van der Waals surface area (Å²) in [7, 11) is 0. The molecule has 0 spiro atoms.